The molecule has 2 nitrogen and oxygen atoms in total. The van der Waals surface area contributed by atoms with E-state index in [1.165, 1.54) is 23.2 Å². The first kappa shape index (κ1) is 11.5. The quantitative estimate of drug-likeness (QED) is 0.844. The summed E-state index contributed by atoms with van der Waals surface area (Å²) in [7, 11) is 0. The van der Waals surface area contributed by atoms with Crippen LogP contribution in [0.15, 0.2) is 18.2 Å². The zero-order valence-electron chi connectivity index (χ0n) is 10.5. The van der Waals surface area contributed by atoms with E-state index in [2.05, 4.69) is 43.9 Å². The van der Waals surface area contributed by atoms with Crippen LogP contribution in [-0.2, 0) is 12.8 Å². The molecule has 0 radical (unpaired) electrons. The molecule has 1 aromatic carbocycles. The van der Waals surface area contributed by atoms with Gasteiger partial charge in [0, 0.05) is 24.3 Å². The van der Waals surface area contributed by atoms with Gasteiger partial charge in [-0.3, -0.25) is 0 Å². The van der Waals surface area contributed by atoms with Crippen LogP contribution in [0, 0.1) is 0 Å². The van der Waals surface area contributed by atoms with Crippen molar-refractivity contribution >= 4 is 5.69 Å². The van der Waals surface area contributed by atoms with Crippen molar-refractivity contribution in [3.63, 3.8) is 0 Å². The molecule has 0 saturated carbocycles. The predicted octanol–water partition coefficient (Wildman–Crippen LogP) is 2.35. The van der Waals surface area contributed by atoms with Gasteiger partial charge in [0.2, 0.25) is 0 Å². The molecule has 2 heteroatoms. The largest absolute Gasteiger partial charge is 0.369 e. The van der Waals surface area contributed by atoms with Crippen LogP contribution in [0.25, 0.3) is 0 Å². The Kier molecular flexibility index (Phi) is 3.20. The van der Waals surface area contributed by atoms with Crippen molar-refractivity contribution in [3.05, 3.63) is 29.3 Å². The van der Waals surface area contributed by atoms with Gasteiger partial charge in [0.1, 0.15) is 0 Å². The first-order valence-electron chi connectivity index (χ1n) is 6.26. The normalized spacial score (nSPS) is 21.0. The minimum atomic E-state index is 0.248. The number of nitrogens with two attached hydrogens (primary N) is 1. The molecule has 88 valence electrons. The number of anilines is 1. The SMILES string of the molecule is CCN1c2cccc(CC(C)N)c2CC1C. The maximum absolute atomic E-state index is 5.91. The van der Waals surface area contributed by atoms with Crippen molar-refractivity contribution in [2.45, 2.75) is 45.7 Å². The number of rotatable bonds is 3. The summed E-state index contributed by atoms with van der Waals surface area (Å²) < 4.78 is 0. The summed E-state index contributed by atoms with van der Waals surface area (Å²) in [5.41, 5.74) is 10.3. The molecule has 1 heterocycles. The van der Waals surface area contributed by atoms with Crippen LogP contribution in [-0.4, -0.2) is 18.6 Å². The van der Waals surface area contributed by atoms with E-state index in [1.807, 2.05) is 0 Å². The fourth-order valence-electron chi connectivity index (χ4n) is 2.79. The summed E-state index contributed by atoms with van der Waals surface area (Å²) in [6, 6.07) is 7.52. The molecule has 2 atom stereocenters. The van der Waals surface area contributed by atoms with Crippen molar-refractivity contribution in [2.24, 2.45) is 5.73 Å². The number of fused-ring (bicyclic) bond motifs is 1. The third-order valence-electron chi connectivity index (χ3n) is 3.47. The minimum absolute atomic E-state index is 0.248. The summed E-state index contributed by atoms with van der Waals surface area (Å²) in [6.07, 6.45) is 2.17. The lowest BCUT2D eigenvalue weighted by molar-refractivity contribution is 0.685. The lowest BCUT2D eigenvalue weighted by Gasteiger charge is -2.22. The molecule has 2 N–H and O–H groups in total. The summed E-state index contributed by atoms with van der Waals surface area (Å²) in [4.78, 5) is 2.49. The molecule has 0 aliphatic carbocycles. The van der Waals surface area contributed by atoms with Gasteiger partial charge in [-0.15, -0.1) is 0 Å². The van der Waals surface area contributed by atoms with Gasteiger partial charge in [0.25, 0.3) is 0 Å². The molecule has 0 bridgehead atoms. The lowest BCUT2D eigenvalue weighted by atomic mass is 9.98. The van der Waals surface area contributed by atoms with E-state index in [1.54, 1.807) is 0 Å². The fraction of sp³-hybridized carbons (Fsp3) is 0.571. The van der Waals surface area contributed by atoms with Crippen LogP contribution in [0.2, 0.25) is 0 Å². The third-order valence-corrected chi connectivity index (χ3v) is 3.47. The van der Waals surface area contributed by atoms with E-state index in [0.29, 0.717) is 6.04 Å². The molecular weight excluding hydrogens is 196 g/mol. The van der Waals surface area contributed by atoms with E-state index >= 15 is 0 Å². The highest BCUT2D eigenvalue weighted by atomic mass is 15.2. The lowest BCUT2D eigenvalue weighted by Crippen LogP contribution is -2.28. The second-order valence-electron chi connectivity index (χ2n) is 4.94. The highest BCUT2D eigenvalue weighted by Gasteiger charge is 2.26. The average Bonchev–Trinajstić information content (AvgIpc) is 2.54. The Morgan fingerprint density at radius 1 is 1.50 bits per heavy atom. The molecule has 0 spiro atoms. The van der Waals surface area contributed by atoms with Gasteiger partial charge >= 0.3 is 0 Å². The summed E-state index contributed by atoms with van der Waals surface area (Å²) in [5, 5.41) is 0. The Morgan fingerprint density at radius 2 is 2.25 bits per heavy atom. The molecule has 1 aliphatic rings. The van der Waals surface area contributed by atoms with E-state index in [-0.39, 0.29) is 6.04 Å². The smallest absolute Gasteiger partial charge is 0.0404 e. The van der Waals surface area contributed by atoms with Gasteiger partial charge in [0.05, 0.1) is 0 Å². The number of benzene rings is 1. The van der Waals surface area contributed by atoms with Crippen molar-refractivity contribution < 1.29 is 0 Å². The van der Waals surface area contributed by atoms with Gasteiger partial charge < -0.3 is 10.6 Å². The summed E-state index contributed by atoms with van der Waals surface area (Å²) >= 11 is 0. The third kappa shape index (κ3) is 1.94. The van der Waals surface area contributed by atoms with Gasteiger partial charge in [-0.25, -0.2) is 0 Å². The van der Waals surface area contributed by atoms with Crippen molar-refractivity contribution in [1.29, 1.82) is 0 Å². The molecule has 1 aliphatic heterocycles. The van der Waals surface area contributed by atoms with Gasteiger partial charge in [-0.1, -0.05) is 12.1 Å². The van der Waals surface area contributed by atoms with Crippen LogP contribution in [0.4, 0.5) is 5.69 Å². The summed E-state index contributed by atoms with van der Waals surface area (Å²) in [5.74, 6) is 0. The van der Waals surface area contributed by atoms with E-state index < -0.39 is 0 Å². The minimum Gasteiger partial charge on any atom is -0.369 e. The van der Waals surface area contributed by atoms with Crippen LogP contribution in [0.1, 0.15) is 31.9 Å². The second-order valence-corrected chi connectivity index (χ2v) is 4.94. The number of likely N-dealkylation sites (N-methyl/N-ethyl adjacent to an activating group) is 1. The molecule has 0 saturated heterocycles. The van der Waals surface area contributed by atoms with Crippen molar-refractivity contribution in [1.82, 2.24) is 0 Å². The fourth-order valence-corrected chi connectivity index (χ4v) is 2.79. The van der Waals surface area contributed by atoms with Gasteiger partial charge in [-0.2, -0.15) is 0 Å². The average molecular weight is 218 g/mol. The number of hydrogen-bond acceptors (Lipinski definition) is 2. The van der Waals surface area contributed by atoms with Crippen molar-refractivity contribution in [2.75, 3.05) is 11.4 Å². The Morgan fingerprint density at radius 3 is 2.88 bits per heavy atom. The summed E-state index contributed by atoms with van der Waals surface area (Å²) in [6.45, 7) is 7.70. The predicted molar refractivity (Wildman–Crippen MR) is 70.0 cm³/mol. The van der Waals surface area contributed by atoms with E-state index in [9.17, 15) is 0 Å². The van der Waals surface area contributed by atoms with Crippen LogP contribution in [0.5, 0.6) is 0 Å². The molecule has 0 aromatic heterocycles. The van der Waals surface area contributed by atoms with E-state index in [0.717, 1.165) is 13.0 Å². The van der Waals surface area contributed by atoms with Crippen LogP contribution in [0.3, 0.4) is 0 Å². The first-order valence-corrected chi connectivity index (χ1v) is 6.26. The number of nitrogens with zero attached hydrogens (tertiary/aromatic N) is 1. The zero-order chi connectivity index (χ0) is 11.7. The Bertz CT molecular complexity index is 371. The van der Waals surface area contributed by atoms with Crippen LogP contribution >= 0.6 is 0 Å². The van der Waals surface area contributed by atoms with E-state index in [4.69, 9.17) is 5.73 Å². The molecule has 2 rings (SSSR count). The highest BCUT2D eigenvalue weighted by Crippen LogP contribution is 2.34. The molecule has 2 unspecified atom stereocenters. The van der Waals surface area contributed by atoms with Gasteiger partial charge in [0.15, 0.2) is 0 Å². The molecule has 0 fully saturated rings. The number of hydrogen-bond donors (Lipinski definition) is 1. The Hall–Kier alpha value is -1.02. The maximum Gasteiger partial charge on any atom is 0.0404 e. The second kappa shape index (κ2) is 4.46. The maximum atomic E-state index is 5.91. The zero-order valence-corrected chi connectivity index (χ0v) is 10.5. The molecule has 16 heavy (non-hydrogen) atoms. The Labute approximate surface area is 98.4 Å². The van der Waals surface area contributed by atoms with Gasteiger partial charge in [-0.05, 0) is 50.8 Å². The van der Waals surface area contributed by atoms with Crippen LogP contribution < -0.4 is 10.6 Å². The topological polar surface area (TPSA) is 29.3 Å². The van der Waals surface area contributed by atoms with Crippen molar-refractivity contribution in [3.8, 4) is 0 Å². The monoisotopic (exact) mass is 218 g/mol. The molecular formula is C14H22N2. The Balaban J connectivity index is 2.36. The first-order chi connectivity index (χ1) is 7.63. The molecule has 1 aromatic rings. The standard InChI is InChI=1S/C14H22N2/c1-4-16-11(3)9-13-12(8-10(2)15)6-5-7-14(13)16/h5-7,10-11H,4,8-9,15H2,1-3H3. The highest BCUT2D eigenvalue weighted by molar-refractivity contribution is 5.62. The molecule has 0 amide bonds.